The second-order valence-corrected chi connectivity index (χ2v) is 3.65. The van der Waals surface area contributed by atoms with E-state index >= 15 is 0 Å². The summed E-state index contributed by atoms with van der Waals surface area (Å²) in [6, 6.07) is 0. The smallest absolute Gasteiger partial charge is 0.253 e. The standard InChI is InChI=1S/C11H16N2O3.C2H6/c1-12-9(14)5-3-2-4-8-13-10(15)6-7-11(13)16;1-2/h6-7H,2-5,8H2,1H3,(H,12,14);1-2H3. The van der Waals surface area contributed by atoms with Crippen molar-refractivity contribution in [2.24, 2.45) is 0 Å². The number of hydrogen-bond donors (Lipinski definition) is 1. The number of carbonyl (C=O) groups is 3. The van der Waals surface area contributed by atoms with Crippen LogP contribution in [0.15, 0.2) is 12.2 Å². The summed E-state index contributed by atoms with van der Waals surface area (Å²) in [5.74, 6) is -0.456. The van der Waals surface area contributed by atoms with Gasteiger partial charge in [0, 0.05) is 32.2 Å². The molecule has 1 N–H and O–H groups in total. The second-order valence-electron chi connectivity index (χ2n) is 3.65. The molecule has 102 valence electrons. The summed E-state index contributed by atoms with van der Waals surface area (Å²) in [6.07, 6.45) is 5.43. The molecule has 0 saturated carbocycles. The third-order valence-corrected chi connectivity index (χ3v) is 2.46. The lowest BCUT2D eigenvalue weighted by atomic mass is 10.2. The van der Waals surface area contributed by atoms with Crippen LogP contribution in [0.25, 0.3) is 0 Å². The molecule has 0 aromatic heterocycles. The topological polar surface area (TPSA) is 66.5 Å². The molecule has 0 radical (unpaired) electrons. The molecule has 0 atom stereocenters. The van der Waals surface area contributed by atoms with E-state index in [1.54, 1.807) is 7.05 Å². The Labute approximate surface area is 108 Å². The average Bonchev–Trinajstić information content (AvgIpc) is 2.71. The Balaban J connectivity index is 0.00000137. The van der Waals surface area contributed by atoms with Crippen LogP contribution in [-0.4, -0.2) is 36.2 Å². The van der Waals surface area contributed by atoms with E-state index in [4.69, 9.17) is 0 Å². The number of unbranched alkanes of at least 4 members (excludes halogenated alkanes) is 2. The van der Waals surface area contributed by atoms with Crippen molar-refractivity contribution in [2.75, 3.05) is 13.6 Å². The maximum atomic E-state index is 11.2. The molecule has 0 aromatic carbocycles. The highest BCUT2D eigenvalue weighted by Crippen LogP contribution is 2.07. The third-order valence-electron chi connectivity index (χ3n) is 2.46. The average molecular weight is 254 g/mol. The fourth-order valence-corrected chi connectivity index (χ4v) is 1.51. The molecule has 1 aliphatic heterocycles. The zero-order valence-corrected chi connectivity index (χ0v) is 11.4. The molecular weight excluding hydrogens is 232 g/mol. The summed E-state index contributed by atoms with van der Waals surface area (Å²) < 4.78 is 0. The van der Waals surface area contributed by atoms with Crippen LogP contribution in [0, 0.1) is 0 Å². The summed E-state index contributed by atoms with van der Waals surface area (Å²) in [5.41, 5.74) is 0. The van der Waals surface area contributed by atoms with Gasteiger partial charge in [-0.3, -0.25) is 19.3 Å². The lowest BCUT2D eigenvalue weighted by Crippen LogP contribution is -2.30. The quantitative estimate of drug-likeness (QED) is 0.573. The summed E-state index contributed by atoms with van der Waals surface area (Å²) in [6.45, 7) is 4.44. The fraction of sp³-hybridized carbons (Fsp3) is 0.615. The Morgan fingerprint density at radius 2 is 1.67 bits per heavy atom. The molecule has 1 rings (SSSR count). The van der Waals surface area contributed by atoms with Crippen LogP contribution in [0.5, 0.6) is 0 Å². The van der Waals surface area contributed by atoms with Crippen molar-refractivity contribution < 1.29 is 14.4 Å². The summed E-state index contributed by atoms with van der Waals surface area (Å²) in [5, 5.41) is 2.54. The van der Waals surface area contributed by atoms with E-state index in [0.717, 1.165) is 19.3 Å². The van der Waals surface area contributed by atoms with Gasteiger partial charge in [0.15, 0.2) is 0 Å². The van der Waals surface area contributed by atoms with Gasteiger partial charge in [-0.2, -0.15) is 0 Å². The van der Waals surface area contributed by atoms with Crippen LogP contribution >= 0.6 is 0 Å². The third kappa shape index (κ3) is 5.61. The van der Waals surface area contributed by atoms with Crippen molar-refractivity contribution in [3.8, 4) is 0 Å². The van der Waals surface area contributed by atoms with Gasteiger partial charge in [0.1, 0.15) is 0 Å². The number of nitrogens with zero attached hydrogens (tertiary/aromatic N) is 1. The molecule has 0 bridgehead atoms. The maximum absolute atomic E-state index is 11.2. The first-order valence-corrected chi connectivity index (χ1v) is 6.39. The van der Waals surface area contributed by atoms with E-state index < -0.39 is 0 Å². The van der Waals surface area contributed by atoms with Crippen molar-refractivity contribution in [1.82, 2.24) is 10.2 Å². The van der Waals surface area contributed by atoms with Gasteiger partial charge in [0.2, 0.25) is 5.91 Å². The molecule has 18 heavy (non-hydrogen) atoms. The Hall–Kier alpha value is -1.65. The molecular formula is C13H22N2O3. The Morgan fingerprint density at radius 3 is 2.17 bits per heavy atom. The van der Waals surface area contributed by atoms with Gasteiger partial charge in [0.25, 0.3) is 11.8 Å². The van der Waals surface area contributed by atoms with Gasteiger partial charge in [-0.05, 0) is 12.8 Å². The SMILES string of the molecule is CC.CNC(=O)CCCCCN1C(=O)C=CC1=O. The van der Waals surface area contributed by atoms with E-state index in [2.05, 4.69) is 5.32 Å². The van der Waals surface area contributed by atoms with E-state index in [0.29, 0.717) is 13.0 Å². The first-order valence-electron chi connectivity index (χ1n) is 6.39. The maximum Gasteiger partial charge on any atom is 0.253 e. The van der Waals surface area contributed by atoms with Gasteiger partial charge in [-0.1, -0.05) is 20.3 Å². The van der Waals surface area contributed by atoms with Crippen LogP contribution in [0.2, 0.25) is 0 Å². The van der Waals surface area contributed by atoms with Crippen molar-refractivity contribution in [3.05, 3.63) is 12.2 Å². The highest BCUT2D eigenvalue weighted by molar-refractivity contribution is 6.12. The number of rotatable bonds is 6. The minimum Gasteiger partial charge on any atom is -0.359 e. The van der Waals surface area contributed by atoms with Crippen molar-refractivity contribution in [3.63, 3.8) is 0 Å². The lowest BCUT2D eigenvalue weighted by molar-refractivity contribution is -0.136. The molecule has 5 heteroatoms. The van der Waals surface area contributed by atoms with Crippen LogP contribution < -0.4 is 5.32 Å². The highest BCUT2D eigenvalue weighted by Gasteiger charge is 2.22. The predicted molar refractivity (Wildman–Crippen MR) is 69.7 cm³/mol. The van der Waals surface area contributed by atoms with E-state index in [-0.39, 0.29) is 17.7 Å². The van der Waals surface area contributed by atoms with Crippen molar-refractivity contribution in [1.29, 1.82) is 0 Å². The molecule has 1 aliphatic rings. The molecule has 0 aromatic rings. The van der Waals surface area contributed by atoms with E-state index in [1.807, 2.05) is 13.8 Å². The molecule has 0 unspecified atom stereocenters. The fourth-order valence-electron chi connectivity index (χ4n) is 1.51. The van der Waals surface area contributed by atoms with Gasteiger partial charge < -0.3 is 5.32 Å². The first-order chi connectivity index (χ1) is 8.65. The van der Waals surface area contributed by atoms with Crippen LogP contribution in [0.4, 0.5) is 0 Å². The second kappa shape index (κ2) is 9.39. The zero-order valence-electron chi connectivity index (χ0n) is 11.4. The van der Waals surface area contributed by atoms with E-state index in [1.165, 1.54) is 17.1 Å². The monoisotopic (exact) mass is 254 g/mol. The van der Waals surface area contributed by atoms with Crippen molar-refractivity contribution in [2.45, 2.75) is 39.5 Å². The number of nitrogens with one attached hydrogen (secondary N) is 1. The number of carbonyl (C=O) groups excluding carboxylic acids is 3. The molecule has 0 aliphatic carbocycles. The zero-order chi connectivity index (χ0) is 14.0. The van der Waals surface area contributed by atoms with Crippen LogP contribution in [0.1, 0.15) is 39.5 Å². The van der Waals surface area contributed by atoms with Crippen molar-refractivity contribution >= 4 is 17.7 Å². The molecule has 5 nitrogen and oxygen atoms in total. The number of hydrogen-bond acceptors (Lipinski definition) is 3. The minimum atomic E-state index is -0.240. The summed E-state index contributed by atoms with van der Waals surface area (Å²) in [4.78, 5) is 34.4. The minimum absolute atomic E-state index is 0.0231. The first kappa shape index (κ1) is 16.4. The van der Waals surface area contributed by atoms with Crippen LogP contribution in [0.3, 0.4) is 0 Å². The van der Waals surface area contributed by atoms with Gasteiger partial charge in [0.05, 0.1) is 0 Å². The van der Waals surface area contributed by atoms with Gasteiger partial charge in [-0.25, -0.2) is 0 Å². The Bertz CT molecular complexity index is 306. The van der Waals surface area contributed by atoms with E-state index in [9.17, 15) is 14.4 Å². The van der Waals surface area contributed by atoms with Crippen LogP contribution in [-0.2, 0) is 14.4 Å². The van der Waals surface area contributed by atoms with Gasteiger partial charge in [-0.15, -0.1) is 0 Å². The summed E-state index contributed by atoms with van der Waals surface area (Å²) in [7, 11) is 1.61. The Kier molecular flexibility index (Phi) is 8.53. The normalized spacial score (nSPS) is 13.4. The molecule has 0 saturated heterocycles. The number of amides is 3. The summed E-state index contributed by atoms with van der Waals surface area (Å²) >= 11 is 0. The predicted octanol–water partition coefficient (Wildman–Crippen LogP) is 1.24. The molecule has 0 spiro atoms. The number of imide groups is 1. The van der Waals surface area contributed by atoms with Gasteiger partial charge >= 0.3 is 0 Å². The molecule has 3 amide bonds. The molecule has 0 fully saturated rings. The molecule has 1 heterocycles. The lowest BCUT2D eigenvalue weighted by Gasteiger charge is -2.12. The largest absolute Gasteiger partial charge is 0.359 e. The Morgan fingerprint density at radius 1 is 1.11 bits per heavy atom. The highest BCUT2D eigenvalue weighted by atomic mass is 16.2.